The summed E-state index contributed by atoms with van der Waals surface area (Å²) in [7, 11) is 0. The van der Waals surface area contributed by atoms with Crippen LogP contribution in [0.4, 0.5) is 4.39 Å². The lowest BCUT2D eigenvalue weighted by Gasteiger charge is -2.40. The van der Waals surface area contributed by atoms with E-state index in [1.54, 1.807) is 12.1 Å². The van der Waals surface area contributed by atoms with Crippen molar-refractivity contribution in [3.05, 3.63) is 35.6 Å². The Labute approximate surface area is 125 Å². The SMILES string of the molecule is CCC1CN(C(c2ccccc2F)C(N)CC)CCS1. The van der Waals surface area contributed by atoms with Crippen molar-refractivity contribution in [3.63, 3.8) is 0 Å². The fourth-order valence-electron chi connectivity index (χ4n) is 2.88. The van der Waals surface area contributed by atoms with Crippen molar-refractivity contribution in [3.8, 4) is 0 Å². The van der Waals surface area contributed by atoms with Crippen molar-refractivity contribution < 1.29 is 4.39 Å². The second-order valence-electron chi connectivity index (χ2n) is 5.43. The third-order valence-corrected chi connectivity index (χ3v) is 5.49. The summed E-state index contributed by atoms with van der Waals surface area (Å²) in [5.41, 5.74) is 7.07. The van der Waals surface area contributed by atoms with Gasteiger partial charge in [-0.25, -0.2) is 4.39 Å². The quantitative estimate of drug-likeness (QED) is 0.902. The molecular weight excluding hydrogens is 271 g/mol. The molecule has 0 radical (unpaired) electrons. The first-order valence-electron chi connectivity index (χ1n) is 7.53. The molecule has 0 bridgehead atoms. The van der Waals surface area contributed by atoms with E-state index < -0.39 is 0 Å². The topological polar surface area (TPSA) is 29.3 Å². The smallest absolute Gasteiger partial charge is 0.128 e. The number of thioether (sulfide) groups is 1. The second-order valence-corrected chi connectivity index (χ2v) is 6.84. The summed E-state index contributed by atoms with van der Waals surface area (Å²) >= 11 is 2.03. The van der Waals surface area contributed by atoms with Gasteiger partial charge in [0, 0.05) is 35.7 Å². The molecule has 1 saturated heterocycles. The molecule has 0 saturated carbocycles. The van der Waals surface area contributed by atoms with Crippen LogP contribution in [0.3, 0.4) is 0 Å². The molecule has 1 aliphatic rings. The van der Waals surface area contributed by atoms with Gasteiger partial charge in [0.1, 0.15) is 5.82 Å². The molecule has 112 valence electrons. The number of hydrogen-bond donors (Lipinski definition) is 1. The first-order chi connectivity index (χ1) is 9.67. The van der Waals surface area contributed by atoms with Gasteiger partial charge in [-0.1, -0.05) is 32.0 Å². The Kier molecular flexibility index (Phi) is 5.87. The van der Waals surface area contributed by atoms with Crippen LogP contribution in [0.2, 0.25) is 0 Å². The summed E-state index contributed by atoms with van der Waals surface area (Å²) in [6.45, 7) is 6.30. The van der Waals surface area contributed by atoms with Crippen molar-refractivity contribution in [2.24, 2.45) is 5.73 Å². The Morgan fingerprint density at radius 2 is 2.15 bits per heavy atom. The standard InChI is InChI=1S/C16H25FN2S/c1-3-12-11-19(9-10-20-12)16(15(18)4-2)13-7-5-6-8-14(13)17/h5-8,12,15-16H,3-4,9-11,18H2,1-2H3. The van der Waals surface area contributed by atoms with E-state index in [0.29, 0.717) is 5.25 Å². The molecule has 2 N–H and O–H groups in total. The Bertz CT molecular complexity index is 427. The van der Waals surface area contributed by atoms with Gasteiger partial charge < -0.3 is 5.73 Å². The first kappa shape index (κ1) is 15.8. The van der Waals surface area contributed by atoms with Gasteiger partial charge in [-0.15, -0.1) is 0 Å². The third kappa shape index (κ3) is 3.54. The lowest BCUT2D eigenvalue weighted by atomic mass is 9.95. The van der Waals surface area contributed by atoms with Gasteiger partial charge in [-0.3, -0.25) is 4.90 Å². The fourth-order valence-corrected chi connectivity index (χ4v) is 4.08. The molecule has 3 atom stereocenters. The molecular formula is C16H25FN2S. The Hall–Kier alpha value is -0.580. The highest BCUT2D eigenvalue weighted by Crippen LogP contribution is 2.32. The van der Waals surface area contributed by atoms with E-state index in [-0.39, 0.29) is 17.9 Å². The predicted octanol–water partition coefficient (Wildman–Crippen LogP) is 3.43. The molecule has 0 aliphatic carbocycles. The lowest BCUT2D eigenvalue weighted by Crippen LogP contribution is -2.47. The molecule has 20 heavy (non-hydrogen) atoms. The van der Waals surface area contributed by atoms with Gasteiger partial charge in [-0.05, 0) is 18.9 Å². The molecule has 1 aromatic rings. The van der Waals surface area contributed by atoms with Gasteiger partial charge in [0.05, 0.1) is 6.04 Å². The lowest BCUT2D eigenvalue weighted by molar-refractivity contribution is 0.170. The number of hydrogen-bond acceptors (Lipinski definition) is 3. The van der Waals surface area contributed by atoms with E-state index in [2.05, 4.69) is 18.7 Å². The van der Waals surface area contributed by atoms with E-state index in [1.165, 1.54) is 0 Å². The number of benzene rings is 1. The van der Waals surface area contributed by atoms with Gasteiger partial charge >= 0.3 is 0 Å². The van der Waals surface area contributed by atoms with Gasteiger partial charge in [0.15, 0.2) is 0 Å². The van der Waals surface area contributed by atoms with E-state index in [0.717, 1.165) is 37.2 Å². The normalized spacial score (nSPS) is 23.5. The van der Waals surface area contributed by atoms with E-state index in [9.17, 15) is 4.39 Å². The zero-order valence-electron chi connectivity index (χ0n) is 12.4. The first-order valence-corrected chi connectivity index (χ1v) is 8.57. The highest BCUT2D eigenvalue weighted by Gasteiger charge is 2.31. The monoisotopic (exact) mass is 296 g/mol. The summed E-state index contributed by atoms with van der Waals surface area (Å²) < 4.78 is 14.2. The number of halogens is 1. The van der Waals surface area contributed by atoms with Crippen LogP contribution in [-0.4, -0.2) is 35.0 Å². The molecule has 0 amide bonds. The van der Waals surface area contributed by atoms with E-state index in [1.807, 2.05) is 23.9 Å². The highest BCUT2D eigenvalue weighted by atomic mass is 32.2. The maximum absolute atomic E-state index is 14.2. The van der Waals surface area contributed by atoms with Crippen LogP contribution in [0.15, 0.2) is 24.3 Å². The third-order valence-electron chi connectivity index (χ3n) is 4.12. The van der Waals surface area contributed by atoms with Crippen LogP contribution in [0.1, 0.15) is 38.3 Å². The zero-order valence-corrected chi connectivity index (χ0v) is 13.2. The van der Waals surface area contributed by atoms with Crippen LogP contribution in [0.25, 0.3) is 0 Å². The second kappa shape index (κ2) is 7.43. The van der Waals surface area contributed by atoms with Crippen LogP contribution < -0.4 is 5.73 Å². The van der Waals surface area contributed by atoms with Gasteiger partial charge in [0.25, 0.3) is 0 Å². The molecule has 2 rings (SSSR count). The largest absolute Gasteiger partial charge is 0.326 e. The fraction of sp³-hybridized carbons (Fsp3) is 0.625. The van der Waals surface area contributed by atoms with E-state index in [4.69, 9.17) is 5.73 Å². The molecule has 3 unspecified atom stereocenters. The van der Waals surface area contributed by atoms with Crippen molar-refractivity contribution in [2.75, 3.05) is 18.8 Å². The minimum atomic E-state index is -0.132. The van der Waals surface area contributed by atoms with Crippen LogP contribution >= 0.6 is 11.8 Å². The Morgan fingerprint density at radius 3 is 2.80 bits per heavy atom. The minimum Gasteiger partial charge on any atom is -0.326 e. The summed E-state index contributed by atoms with van der Waals surface area (Å²) in [4.78, 5) is 2.39. The average Bonchev–Trinajstić information content (AvgIpc) is 2.49. The molecule has 4 heteroatoms. The number of nitrogens with zero attached hydrogens (tertiary/aromatic N) is 1. The molecule has 1 aromatic carbocycles. The molecule has 1 aliphatic heterocycles. The van der Waals surface area contributed by atoms with Gasteiger partial charge in [-0.2, -0.15) is 11.8 Å². The maximum atomic E-state index is 14.2. The van der Waals surface area contributed by atoms with Crippen LogP contribution in [0, 0.1) is 5.82 Å². The molecule has 1 fully saturated rings. The molecule has 0 spiro atoms. The molecule has 1 heterocycles. The summed E-state index contributed by atoms with van der Waals surface area (Å²) in [6.07, 6.45) is 2.02. The maximum Gasteiger partial charge on any atom is 0.128 e. The van der Waals surface area contributed by atoms with Crippen molar-refractivity contribution >= 4 is 11.8 Å². The van der Waals surface area contributed by atoms with E-state index >= 15 is 0 Å². The predicted molar refractivity (Wildman–Crippen MR) is 85.5 cm³/mol. The molecule has 2 nitrogen and oxygen atoms in total. The summed E-state index contributed by atoms with van der Waals surface area (Å²) in [5.74, 6) is 0.979. The zero-order chi connectivity index (χ0) is 14.5. The Balaban J connectivity index is 2.26. The average molecular weight is 296 g/mol. The summed E-state index contributed by atoms with van der Waals surface area (Å²) in [5, 5.41) is 0.641. The van der Waals surface area contributed by atoms with Crippen molar-refractivity contribution in [1.29, 1.82) is 0 Å². The number of nitrogens with two attached hydrogens (primary N) is 1. The molecule has 0 aromatic heterocycles. The highest BCUT2D eigenvalue weighted by molar-refractivity contribution is 8.00. The van der Waals surface area contributed by atoms with Crippen LogP contribution in [0.5, 0.6) is 0 Å². The van der Waals surface area contributed by atoms with Crippen molar-refractivity contribution in [2.45, 2.75) is 44.0 Å². The number of rotatable bonds is 5. The van der Waals surface area contributed by atoms with Crippen LogP contribution in [-0.2, 0) is 0 Å². The minimum absolute atomic E-state index is 0.00356. The van der Waals surface area contributed by atoms with Gasteiger partial charge in [0.2, 0.25) is 0 Å². The Morgan fingerprint density at radius 1 is 1.40 bits per heavy atom. The summed E-state index contributed by atoms with van der Waals surface area (Å²) in [6, 6.07) is 7.06. The van der Waals surface area contributed by atoms with Crippen molar-refractivity contribution in [1.82, 2.24) is 4.90 Å².